The fourth-order valence-corrected chi connectivity index (χ4v) is 1.90. The summed E-state index contributed by atoms with van der Waals surface area (Å²) in [5.41, 5.74) is 2.09. The summed E-state index contributed by atoms with van der Waals surface area (Å²) in [5.74, 6) is -0.879. The fraction of sp³-hybridized carbons (Fsp3) is 0.0556. The second kappa shape index (κ2) is 10.2. The minimum absolute atomic E-state index is 0. The van der Waals surface area contributed by atoms with Crippen LogP contribution >= 0.6 is 0 Å². The molecule has 0 aliphatic heterocycles. The third-order valence-corrected chi connectivity index (χ3v) is 3.16. The number of aromatic carboxylic acids is 1. The Labute approximate surface area is 162 Å². The number of aliphatic hydroxyl groups is 1. The predicted octanol–water partition coefficient (Wildman–Crippen LogP) is -1.17. The van der Waals surface area contributed by atoms with Crippen molar-refractivity contribution in [1.29, 1.82) is 0 Å². The number of aromatic nitrogens is 3. The van der Waals surface area contributed by atoms with Crippen molar-refractivity contribution in [2.45, 2.75) is 6.61 Å². The summed E-state index contributed by atoms with van der Waals surface area (Å²) in [4.78, 5) is 25.3. The van der Waals surface area contributed by atoms with E-state index in [-0.39, 0.29) is 31.0 Å². The molecule has 1 aromatic carbocycles. The summed E-state index contributed by atoms with van der Waals surface area (Å²) in [6, 6.07) is 13.0. The number of carboxylic acids is 1. The average Bonchev–Trinajstić information content (AvgIpc) is 2.65. The molecule has 0 fully saturated rings. The van der Waals surface area contributed by atoms with Gasteiger partial charge in [0.15, 0.2) is 0 Å². The molecule has 0 saturated carbocycles. The first kappa shape index (κ1) is 21.2. The molecule has 26 heavy (non-hydrogen) atoms. The number of hydrogen-bond acceptors (Lipinski definition) is 5. The Balaban J connectivity index is 0.000000290. The van der Waals surface area contributed by atoms with Crippen LogP contribution in [-0.2, 0) is 6.61 Å². The van der Waals surface area contributed by atoms with Crippen LogP contribution in [0.4, 0.5) is 0 Å². The molecule has 0 unspecified atom stereocenters. The van der Waals surface area contributed by atoms with E-state index in [0.29, 0.717) is 16.8 Å². The molecule has 7 nitrogen and oxygen atoms in total. The predicted molar refractivity (Wildman–Crippen MR) is 91.8 cm³/mol. The van der Waals surface area contributed by atoms with Crippen molar-refractivity contribution in [1.82, 2.24) is 14.8 Å². The second-order valence-electron chi connectivity index (χ2n) is 4.97. The van der Waals surface area contributed by atoms with Gasteiger partial charge in [0.2, 0.25) is 0 Å². The number of hydrogen-bond donors (Lipinski definition) is 2. The molecule has 0 saturated heterocycles. The number of benzene rings is 1. The summed E-state index contributed by atoms with van der Waals surface area (Å²) >= 11 is 0. The maximum atomic E-state index is 11.1. The molecule has 2 N–H and O–H groups in total. The van der Waals surface area contributed by atoms with Gasteiger partial charge in [-0.05, 0) is 29.8 Å². The molecule has 128 valence electrons. The molecular formula is C18H16LiN3O4. The second-order valence-corrected chi connectivity index (χ2v) is 4.97. The molecule has 8 heteroatoms. The van der Waals surface area contributed by atoms with Gasteiger partial charge in [-0.1, -0.05) is 24.3 Å². The molecule has 3 aromatic rings. The van der Waals surface area contributed by atoms with Crippen LogP contribution in [-0.4, -0.2) is 30.9 Å². The number of aliphatic hydroxyl groups excluding tert-OH is 1. The molecule has 0 radical (unpaired) electrons. The molecule has 2 aromatic heterocycles. The van der Waals surface area contributed by atoms with Gasteiger partial charge in [-0.2, -0.15) is 7.05 Å². The Morgan fingerprint density at radius 3 is 2.35 bits per heavy atom. The van der Waals surface area contributed by atoms with Crippen LogP contribution in [0.1, 0.15) is 15.9 Å². The normalized spacial score (nSPS) is 9.42. The van der Waals surface area contributed by atoms with Gasteiger partial charge >= 0.3 is 24.8 Å². The molecule has 0 atom stereocenters. The van der Waals surface area contributed by atoms with Crippen molar-refractivity contribution < 1.29 is 33.9 Å². The van der Waals surface area contributed by atoms with Crippen molar-refractivity contribution in [3.05, 3.63) is 89.5 Å². The number of pyridine rings is 1. The molecule has 2 heterocycles. The van der Waals surface area contributed by atoms with Gasteiger partial charge in [-0.3, -0.25) is 4.98 Å². The van der Waals surface area contributed by atoms with Crippen molar-refractivity contribution in [3.63, 3.8) is 0 Å². The van der Waals surface area contributed by atoms with E-state index >= 15 is 0 Å². The summed E-state index contributed by atoms with van der Waals surface area (Å²) in [7, 11) is 3.47. The summed E-state index contributed by atoms with van der Waals surface area (Å²) in [6.07, 6.45) is 3.19. The van der Waals surface area contributed by atoms with Gasteiger partial charge in [0.25, 0.3) is 0 Å². The van der Waals surface area contributed by atoms with Crippen LogP contribution in [0, 0.1) is 7.05 Å². The summed E-state index contributed by atoms with van der Waals surface area (Å²) in [6.45, 7) is -0.0785. The zero-order valence-corrected chi connectivity index (χ0v) is 14.2. The molecule has 0 spiro atoms. The Morgan fingerprint density at radius 1 is 1.12 bits per heavy atom. The molecular weight excluding hydrogens is 329 g/mol. The maximum Gasteiger partial charge on any atom is 1.00 e. The monoisotopic (exact) mass is 345 g/mol. The number of nitrogens with zero attached hydrogens (tertiary/aromatic N) is 3. The van der Waals surface area contributed by atoms with Crippen molar-refractivity contribution in [2.75, 3.05) is 0 Å². The van der Waals surface area contributed by atoms with Crippen molar-refractivity contribution >= 4 is 5.97 Å². The fourth-order valence-electron chi connectivity index (χ4n) is 1.90. The summed E-state index contributed by atoms with van der Waals surface area (Å²) < 4.78 is 1.01. The molecule has 3 rings (SSSR count). The van der Waals surface area contributed by atoms with Crippen molar-refractivity contribution in [3.8, 4) is 11.3 Å². The number of rotatable bonds is 3. The first-order chi connectivity index (χ1) is 12.0. The average molecular weight is 345 g/mol. The van der Waals surface area contributed by atoms with Gasteiger partial charge in [0.05, 0.1) is 17.9 Å². The van der Waals surface area contributed by atoms with E-state index in [2.05, 4.69) is 17.1 Å². The smallest absolute Gasteiger partial charge is 0.478 e. The zero-order valence-electron chi connectivity index (χ0n) is 14.2. The third-order valence-electron chi connectivity index (χ3n) is 3.16. The van der Waals surface area contributed by atoms with E-state index in [0.717, 1.165) is 10.2 Å². The van der Waals surface area contributed by atoms with Gasteiger partial charge in [0.1, 0.15) is 5.56 Å². The first-order valence-electron chi connectivity index (χ1n) is 7.26. The van der Waals surface area contributed by atoms with E-state index in [4.69, 9.17) is 10.2 Å². The van der Waals surface area contributed by atoms with Gasteiger partial charge < -0.3 is 19.7 Å². The summed E-state index contributed by atoms with van der Waals surface area (Å²) in [5, 5.41) is 21.4. The largest absolute Gasteiger partial charge is 1.00 e. The molecule has 0 amide bonds. The minimum atomic E-state index is -0.879. The first-order valence-corrected chi connectivity index (χ1v) is 7.26. The maximum absolute atomic E-state index is 11.1. The van der Waals surface area contributed by atoms with Crippen LogP contribution in [0.2, 0.25) is 0 Å². The topological polar surface area (TPSA) is 105 Å². The van der Waals surface area contributed by atoms with Gasteiger partial charge in [-0.25, -0.2) is 9.89 Å². The zero-order chi connectivity index (χ0) is 18.2. The van der Waals surface area contributed by atoms with E-state index in [9.17, 15) is 9.59 Å². The van der Waals surface area contributed by atoms with Gasteiger partial charge in [0, 0.05) is 18.0 Å². The quantitative estimate of drug-likeness (QED) is 0.458. The van der Waals surface area contributed by atoms with Crippen LogP contribution in [0.3, 0.4) is 0 Å². The van der Waals surface area contributed by atoms with E-state index in [1.807, 2.05) is 0 Å². The Kier molecular flexibility index (Phi) is 8.32. The SMILES string of the molecule is O=C(O)c1ccccc1.[CH2-]n1nc(-c2cncc(CO)c2)ccc1=O.[Li+]. The number of carboxylic acid groups (broad SMARTS) is 1. The Bertz CT molecular complexity index is 914. The van der Waals surface area contributed by atoms with Crippen LogP contribution in [0.15, 0.2) is 65.7 Å². The minimum Gasteiger partial charge on any atom is -0.478 e. The third kappa shape index (κ3) is 5.90. The molecule has 0 aliphatic carbocycles. The van der Waals surface area contributed by atoms with E-state index < -0.39 is 5.97 Å². The van der Waals surface area contributed by atoms with Crippen LogP contribution in [0.5, 0.6) is 0 Å². The Hall–Kier alpha value is -2.85. The standard InChI is InChI=1S/C11H10N3O2.C7H6O2.Li/c1-14-11(16)3-2-10(13-14)9-4-8(7-15)5-12-6-9;8-7(9)6-4-2-1-3-5-6;/h2-6,15H,1,7H2;1-5H,(H,8,9);/q-1;;+1. The molecule has 0 aliphatic rings. The van der Waals surface area contributed by atoms with E-state index in [1.165, 1.54) is 6.07 Å². The van der Waals surface area contributed by atoms with Crippen LogP contribution < -0.4 is 24.4 Å². The van der Waals surface area contributed by atoms with Crippen molar-refractivity contribution in [2.24, 2.45) is 0 Å². The van der Waals surface area contributed by atoms with Gasteiger partial charge in [-0.15, -0.1) is 0 Å². The van der Waals surface area contributed by atoms with Crippen LogP contribution in [0.25, 0.3) is 11.3 Å². The number of carbonyl (C=O) groups is 1. The Morgan fingerprint density at radius 2 is 1.81 bits per heavy atom. The molecule has 0 bridgehead atoms. The van der Waals surface area contributed by atoms with E-state index in [1.54, 1.807) is 54.9 Å².